The van der Waals surface area contributed by atoms with Gasteiger partial charge in [0.05, 0.1) is 4.90 Å². The molecule has 120 valence electrons. The molecule has 1 aromatic rings. The first-order valence-electron chi connectivity index (χ1n) is 6.57. The van der Waals surface area contributed by atoms with Gasteiger partial charge < -0.3 is 5.32 Å². The zero-order valence-corrected chi connectivity index (χ0v) is 12.8. The van der Waals surface area contributed by atoms with Gasteiger partial charge in [-0.25, -0.2) is 8.42 Å². The van der Waals surface area contributed by atoms with Crippen molar-refractivity contribution in [1.82, 2.24) is 9.62 Å². The monoisotopic (exact) mass is 324 g/mol. The maximum Gasteiger partial charge on any atom is 0.402 e. The number of sulfonamides is 1. The van der Waals surface area contributed by atoms with Crippen LogP contribution in [0.3, 0.4) is 0 Å². The zero-order chi connectivity index (χ0) is 16.1. The molecule has 0 saturated heterocycles. The Bertz CT molecular complexity index is 542. The Morgan fingerprint density at radius 3 is 2.14 bits per heavy atom. The molecule has 1 rings (SSSR count). The maximum atomic E-state index is 12.4. The summed E-state index contributed by atoms with van der Waals surface area (Å²) < 4.78 is 62.1. The van der Waals surface area contributed by atoms with Crippen molar-refractivity contribution in [3.8, 4) is 0 Å². The average molecular weight is 324 g/mol. The van der Waals surface area contributed by atoms with E-state index < -0.39 is 22.7 Å². The number of benzene rings is 1. The van der Waals surface area contributed by atoms with Crippen molar-refractivity contribution in [3.05, 3.63) is 29.8 Å². The van der Waals surface area contributed by atoms with Gasteiger partial charge in [0.2, 0.25) is 10.0 Å². The van der Waals surface area contributed by atoms with Gasteiger partial charge in [0, 0.05) is 13.1 Å². The highest BCUT2D eigenvalue weighted by Gasteiger charge is 2.36. The van der Waals surface area contributed by atoms with E-state index in [0.29, 0.717) is 10.8 Å². The summed E-state index contributed by atoms with van der Waals surface area (Å²) in [7, 11) is -4.13. The van der Waals surface area contributed by atoms with Crippen LogP contribution in [0, 0.1) is 0 Å². The predicted octanol–water partition coefficient (Wildman–Crippen LogP) is 2.37. The van der Waals surface area contributed by atoms with Crippen LogP contribution in [-0.4, -0.2) is 38.5 Å². The quantitative estimate of drug-likeness (QED) is 0.838. The van der Waals surface area contributed by atoms with E-state index in [-0.39, 0.29) is 11.4 Å². The normalized spacial score (nSPS) is 12.9. The maximum absolute atomic E-state index is 12.4. The molecule has 1 aromatic carbocycles. The van der Waals surface area contributed by atoms with Gasteiger partial charge in [0.15, 0.2) is 0 Å². The van der Waals surface area contributed by atoms with Gasteiger partial charge >= 0.3 is 6.18 Å². The van der Waals surface area contributed by atoms with E-state index in [0.717, 1.165) is 12.1 Å². The molecule has 0 heterocycles. The minimum Gasteiger partial charge on any atom is -0.313 e. The number of hydrogen-bond acceptors (Lipinski definition) is 3. The summed E-state index contributed by atoms with van der Waals surface area (Å²) >= 11 is 0. The van der Waals surface area contributed by atoms with E-state index >= 15 is 0 Å². The van der Waals surface area contributed by atoms with Gasteiger partial charge in [-0.15, -0.1) is 0 Å². The minimum absolute atomic E-state index is 0.131. The summed E-state index contributed by atoms with van der Waals surface area (Å²) in [4.78, 5) is -0.131. The fraction of sp³-hybridized carbons (Fsp3) is 0.538. The summed E-state index contributed by atoms with van der Waals surface area (Å²) in [5.74, 6) is 0. The van der Waals surface area contributed by atoms with Crippen LogP contribution in [0.15, 0.2) is 29.2 Å². The van der Waals surface area contributed by atoms with Crippen molar-refractivity contribution in [2.45, 2.75) is 31.5 Å². The Morgan fingerprint density at radius 2 is 1.71 bits per heavy atom. The Kier molecular flexibility index (Phi) is 6.18. The summed E-state index contributed by atoms with van der Waals surface area (Å²) in [6.07, 6.45) is -4.56. The lowest BCUT2D eigenvalue weighted by Gasteiger charge is -2.21. The number of hydrogen-bond donors (Lipinski definition) is 1. The molecular formula is C13H19F3N2O2S. The Morgan fingerprint density at radius 1 is 1.14 bits per heavy atom. The predicted molar refractivity (Wildman–Crippen MR) is 74.3 cm³/mol. The average Bonchev–Trinajstić information content (AvgIpc) is 2.41. The Balaban J connectivity index is 2.95. The van der Waals surface area contributed by atoms with Crippen molar-refractivity contribution in [2.24, 2.45) is 0 Å². The molecule has 0 aliphatic rings. The molecule has 0 bridgehead atoms. The molecular weight excluding hydrogens is 305 g/mol. The van der Waals surface area contributed by atoms with Crippen molar-refractivity contribution < 1.29 is 21.6 Å². The van der Waals surface area contributed by atoms with Crippen LogP contribution in [0.2, 0.25) is 0 Å². The highest BCUT2D eigenvalue weighted by molar-refractivity contribution is 7.89. The molecule has 1 N–H and O–H groups in total. The molecule has 0 aliphatic heterocycles. The van der Waals surface area contributed by atoms with Gasteiger partial charge in [-0.2, -0.15) is 17.5 Å². The molecule has 0 aromatic heterocycles. The molecule has 4 nitrogen and oxygen atoms in total. The van der Waals surface area contributed by atoms with Crippen molar-refractivity contribution in [2.75, 3.05) is 19.6 Å². The van der Waals surface area contributed by atoms with Crippen LogP contribution in [0.25, 0.3) is 0 Å². The van der Waals surface area contributed by atoms with Crippen LogP contribution in [0.4, 0.5) is 13.2 Å². The fourth-order valence-electron chi connectivity index (χ4n) is 1.76. The second-order valence-electron chi connectivity index (χ2n) is 4.47. The number of rotatable bonds is 7. The molecule has 0 fully saturated rings. The summed E-state index contributed by atoms with van der Waals surface area (Å²) in [5.41, 5.74) is 0.870. The van der Waals surface area contributed by atoms with Gasteiger partial charge in [0.1, 0.15) is 6.54 Å². The van der Waals surface area contributed by atoms with E-state index in [9.17, 15) is 21.6 Å². The van der Waals surface area contributed by atoms with Crippen molar-refractivity contribution >= 4 is 10.0 Å². The standard InChI is InChI=1S/C13H19F3N2O2S/c1-3-17-9-11-5-7-12(8-6-11)21(19,20)18(4-2)10-13(14,15)16/h5-8,17H,3-4,9-10H2,1-2H3. The highest BCUT2D eigenvalue weighted by Crippen LogP contribution is 2.22. The molecule has 0 aliphatic carbocycles. The summed E-state index contributed by atoms with van der Waals surface area (Å²) in [6, 6.07) is 5.86. The topological polar surface area (TPSA) is 49.4 Å². The number of halogens is 3. The lowest BCUT2D eigenvalue weighted by Crippen LogP contribution is -2.38. The number of alkyl halides is 3. The fourth-order valence-corrected chi connectivity index (χ4v) is 3.20. The first-order chi connectivity index (χ1) is 9.70. The van der Waals surface area contributed by atoms with Crippen LogP contribution in [0.1, 0.15) is 19.4 Å². The molecule has 0 saturated carbocycles. The second kappa shape index (κ2) is 7.24. The summed E-state index contributed by atoms with van der Waals surface area (Å²) in [6.45, 7) is 2.95. The highest BCUT2D eigenvalue weighted by atomic mass is 32.2. The molecule has 0 unspecified atom stereocenters. The van der Waals surface area contributed by atoms with Gasteiger partial charge in [0.25, 0.3) is 0 Å². The van der Waals surface area contributed by atoms with E-state index in [1.54, 1.807) is 12.1 Å². The van der Waals surface area contributed by atoms with Crippen molar-refractivity contribution in [1.29, 1.82) is 0 Å². The number of nitrogens with zero attached hydrogens (tertiary/aromatic N) is 1. The third-order valence-electron chi connectivity index (χ3n) is 2.85. The van der Waals surface area contributed by atoms with E-state index in [4.69, 9.17) is 0 Å². The smallest absolute Gasteiger partial charge is 0.313 e. The van der Waals surface area contributed by atoms with Gasteiger partial charge in [-0.05, 0) is 24.2 Å². The van der Waals surface area contributed by atoms with Gasteiger partial charge in [-0.3, -0.25) is 0 Å². The Hall–Kier alpha value is -1.12. The Labute approximate surface area is 123 Å². The zero-order valence-electron chi connectivity index (χ0n) is 11.9. The van der Waals surface area contributed by atoms with Crippen LogP contribution >= 0.6 is 0 Å². The second-order valence-corrected chi connectivity index (χ2v) is 6.41. The van der Waals surface area contributed by atoms with Crippen molar-refractivity contribution in [3.63, 3.8) is 0 Å². The van der Waals surface area contributed by atoms with Crippen LogP contribution in [0.5, 0.6) is 0 Å². The van der Waals surface area contributed by atoms with E-state index in [2.05, 4.69) is 5.32 Å². The molecule has 0 atom stereocenters. The lowest BCUT2D eigenvalue weighted by atomic mass is 10.2. The first-order valence-corrected chi connectivity index (χ1v) is 8.01. The molecule has 0 amide bonds. The van der Waals surface area contributed by atoms with Gasteiger partial charge in [-0.1, -0.05) is 26.0 Å². The SMILES string of the molecule is CCNCc1ccc(S(=O)(=O)N(CC)CC(F)(F)F)cc1. The number of nitrogens with one attached hydrogen (secondary N) is 1. The van der Waals surface area contributed by atoms with E-state index in [1.807, 2.05) is 6.92 Å². The lowest BCUT2D eigenvalue weighted by molar-refractivity contribution is -0.135. The first kappa shape index (κ1) is 17.9. The molecule has 21 heavy (non-hydrogen) atoms. The molecule has 0 radical (unpaired) electrons. The molecule has 8 heteroatoms. The molecule has 0 spiro atoms. The third kappa shape index (κ3) is 5.29. The van der Waals surface area contributed by atoms with E-state index in [1.165, 1.54) is 19.1 Å². The largest absolute Gasteiger partial charge is 0.402 e. The third-order valence-corrected chi connectivity index (χ3v) is 4.78. The minimum atomic E-state index is -4.56. The summed E-state index contributed by atoms with van der Waals surface area (Å²) in [5, 5.41) is 3.08. The van der Waals surface area contributed by atoms with Crippen LogP contribution in [-0.2, 0) is 16.6 Å². The van der Waals surface area contributed by atoms with Crippen LogP contribution < -0.4 is 5.32 Å².